The van der Waals surface area contributed by atoms with Gasteiger partial charge >= 0.3 is 0 Å². The Morgan fingerprint density at radius 3 is 2.26 bits per heavy atom. The van der Waals surface area contributed by atoms with E-state index in [0.717, 1.165) is 0 Å². The monoisotopic (exact) mass is 336 g/mol. The molecule has 0 spiro atoms. The summed E-state index contributed by atoms with van der Waals surface area (Å²) in [6.07, 6.45) is 0. The number of hydrogen-bond acceptors (Lipinski definition) is 5. The van der Waals surface area contributed by atoms with Gasteiger partial charge in [0.25, 0.3) is 15.9 Å². The van der Waals surface area contributed by atoms with Crippen LogP contribution in [-0.4, -0.2) is 28.5 Å². The van der Waals surface area contributed by atoms with Crippen LogP contribution < -0.4 is 14.9 Å². The van der Waals surface area contributed by atoms with Crippen molar-refractivity contribution < 1.29 is 22.8 Å². The molecule has 0 saturated carbocycles. The minimum Gasteiger partial charge on any atom is -0.495 e. The van der Waals surface area contributed by atoms with E-state index in [-0.39, 0.29) is 10.5 Å². The fourth-order valence-electron chi connectivity index (χ4n) is 1.87. The van der Waals surface area contributed by atoms with Crippen LogP contribution in [0.5, 0.6) is 5.75 Å². The van der Waals surface area contributed by atoms with Crippen LogP contribution >= 0.6 is 0 Å². The van der Waals surface area contributed by atoms with Crippen molar-refractivity contribution in [2.45, 2.75) is 4.90 Å². The molecule has 2 rings (SSSR count). The topological polar surface area (TPSA) is 93.7 Å². The molecule has 0 aromatic heterocycles. The van der Waals surface area contributed by atoms with E-state index in [2.05, 4.69) is 15.0 Å². The Balaban J connectivity index is 2.24. The van der Waals surface area contributed by atoms with Crippen molar-refractivity contribution >= 4 is 21.6 Å². The number of carbonyl (C=O) groups excluding carboxylic acids is 1. The molecule has 23 heavy (non-hydrogen) atoms. The number of hydroxylamine groups is 1. The highest BCUT2D eigenvalue weighted by Gasteiger charge is 2.17. The smallest absolute Gasteiger partial charge is 0.274 e. The fourth-order valence-corrected chi connectivity index (χ4v) is 2.94. The fraction of sp³-hybridized carbons (Fsp3) is 0.133. The first-order chi connectivity index (χ1) is 11.0. The molecule has 0 fully saturated rings. The lowest BCUT2D eigenvalue weighted by atomic mass is 10.2. The molecule has 0 radical (unpaired) electrons. The number of hydrogen-bond donors (Lipinski definition) is 2. The van der Waals surface area contributed by atoms with E-state index in [0.29, 0.717) is 11.4 Å². The quantitative estimate of drug-likeness (QED) is 0.784. The Morgan fingerprint density at radius 2 is 1.65 bits per heavy atom. The molecule has 2 aromatic rings. The maximum absolute atomic E-state index is 12.4. The maximum atomic E-state index is 12.4. The van der Waals surface area contributed by atoms with Gasteiger partial charge in [-0.1, -0.05) is 12.1 Å². The van der Waals surface area contributed by atoms with E-state index in [9.17, 15) is 13.2 Å². The number of anilines is 1. The van der Waals surface area contributed by atoms with Crippen LogP contribution in [0.4, 0.5) is 5.69 Å². The number of carbonyl (C=O) groups is 1. The van der Waals surface area contributed by atoms with Crippen LogP contribution in [-0.2, 0) is 14.9 Å². The number of methoxy groups -OCH3 is 1. The first-order valence-corrected chi connectivity index (χ1v) is 8.05. The number of sulfonamides is 1. The molecule has 0 atom stereocenters. The zero-order valence-electron chi connectivity index (χ0n) is 12.6. The molecule has 0 saturated heterocycles. The van der Waals surface area contributed by atoms with Crippen molar-refractivity contribution in [3.8, 4) is 5.75 Å². The standard InChI is InChI=1S/C15H16N2O5S/c1-21-14-6-4-3-5-13(14)17-23(19,20)12-9-7-11(8-10-12)15(18)16-22-2/h3-10,17H,1-2H3,(H,16,18). The highest BCUT2D eigenvalue weighted by Crippen LogP contribution is 2.26. The molecule has 2 aromatic carbocycles. The number of benzene rings is 2. The van der Waals surface area contributed by atoms with Crippen LogP contribution in [0.15, 0.2) is 53.4 Å². The summed E-state index contributed by atoms with van der Waals surface area (Å²) in [5, 5.41) is 0. The van der Waals surface area contributed by atoms with Crippen LogP contribution in [0.2, 0.25) is 0 Å². The summed E-state index contributed by atoms with van der Waals surface area (Å²) in [5.41, 5.74) is 2.76. The predicted octanol–water partition coefficient (Wildman–Crippen LogP) is 1.79. The highest BCUT2D eigenvalue weighted by molar-refractivity contribution is 7.92. The van der Waals surface area contributed by atoms with Gasteiger partial charge in [-0.05, 0) is 36.4 Å². The molecule has 0 heterocycles. The summed E-state index contributed by atoms with van der Waals surface area (Å²) in [7, 11) is -1.03. The molecule has 0 aliphatic carbocycles. The summed E-state index contributed by atoms with van der Waals surface area (Å²) in [6, 6.07) is 12.1. The Morgan fingerprint density at radius 1 is 1.00 bits per heavy atom. The second-order valence-electron chi connectivity index (χ2n) is 4.47. The molecule has 1 amide bonds. The zero-order valence-corrected chi connectivity index (χ0v) is 13.4. The lowest BCUT2D eigenvalue weighted by molar-refractivity contribution is 0.0537. The average molecular weight is 336 g/mol. The van der Waals surface area contributed by atoms with Gasteiger partial charge in [-0.3, -0.25) is 14.4 Å². The van der Waals surface area contributed by atoms with Gasteiger partial charge in [0.05, 0.1) is 24.8 Å². The molecule has 0 bridgehead atoms. The first-order valence-electron chi connectivity index (χ1n) is 6.57. The molecule has 0 aliphatic rings. The van der Waals surface area contributed by atoms with Gasteiger partial charge in [0.15, 0.2) is 0 Å². The van der Waals surface area contributed by atoms with Gasteiger partial charge in [-0.25, -0.2) is 13.9 Å². The van der Waals surface area contributed by atoms with Crippen molar-refractivity contribution in [2.75, 3.05) is 18.9 Å². The molecule has 2 N–H and O–H groups in total. The van der Waals surface area contributed by atoms with Crippen molar-refractivity contribution in [2.24, 2.45) is 0 Å². The van der Waals surface area contributed by atoms with Gasteiger partial charge in [-0.2, -0.15) is 0 Å². The molecule has 0 aliphatic heterocycles. The number of amides is 1. The maximum Gasteiger partial charge on any atom is 0.274 e. The number of ether oxygens (including phenoxy) is 1. The van der Waals surface area contributed by atoms with E-state index >= 15 is 0 Å². The SMILES string of the molecule is CONC(=O)c1ccc(S(=O)(=O)Nc2ccccc2OC)cc1. The summed E-state index contributed by atoms with van der Waals surface area (Å²) in [5.74, 6) is -0.0543. The van der Waals surface area contributed by atoms with Crippen molar-refractivity contribution in [3.05, 3.63) is 54.1 Å². The summed E-state index contributed by atoms with van der Waals surface area (Å²) < 4.78 is 32.3. The summed E-state index contributed by atoms with van der Waals surface area (Å²) >= 11 is 0. The van der Waals surface area contributed by atoms with Crippen molar-refractivity contribution in [1.29, 1.82) is 0 Å². The molecule has 122 valence electrons. The van der Waals surface area contributed by atoms with Gasteiger partial charge in [0.1, 0.15) is 5.75 Å². The van der Waals surface area contributed by atoms with Crippen LogP contribution in [0.1, 0.15) is 10.4 Å². The number of para-hydroxylation sites is 2. The highest BCUT2D eigenvalue weighted by atomic mass is 32.2. The van der Waals surface area contributed by atoms with E-state index in [1.165, 1.54) is 38.5 Å². The lowest BCUT2D eigenvalue weighted by Crippen LogP contribution is -2.22. The Kier molecular flexibility index (Phi) is 5.20. The second kappa shape index (κ2) is 7.12. The van der Waals surface area contributed by atoms with E-state index < -0.39 is 15.9 Å². The van der Waals surface area contributed by atoms with Crippen LogP contribution in [0.25, 0.3) is 0 Å². The summed E-state index contributed by atoms with van der Waals surface area (Å²) in [6.45, 7) is 0. The minimum atomic E-state index is -3.79. The lowest BCUT2D eigenvalue weighted by Gasteiger charge is -2.11. The first kappa shape index (κ1) is 16.8. The van der Waals surface area contributed by atoms with Crippen LogP contribution in [0.3, 0.4) is 0 Å². The van der Waals surface area contributed by atoms with E-state index in [1.54, 1.807) is 24.3 Å². The van der Waals surface area contributed by atoms with Crippen molar-refractivity contribution in [3.63, 3.8) is 0 Å². The molecule has 8 heteroatoms. The largest absolute Gasteiger partial charge is 0.495 e. The molecule has 0 unspecified atom stereocenters. The van der Waals surface area contributed by atoms with E-state index in [4.69, 9.17) is 4.74 Å². The number of nitrogens with one attached hydrogen (secondary N) is 2. The Hall–Kier alpha value is -2.58. The van der Waals surface area contributed by atoms with Crippen LogP contribution in [0, 0.1) is 0 Å². The summed E-state index contributed by atoms with van der Waals surface area (Å²) in [4.78, 5) is 16.1. The molecule has 7 nitrogen and oxygen atoms in total. The normalized spacial score (nSPS) is 10.9. The third-order valence-electron chi connectivity index (χ3n) is 2.97. The van der Waals surface area contributed by atoms with Gasteiger partial charge in [0, 0.05) is 5.56 Å². The minimum absolute atomic E-state index is 0.0253. The zero-order chi connectivity index (χ0) is 16.9. The van der Waals surface area contributed by atoms with Gasteiger partial charge in [-0.15, -0.1) is 0 Å². The average Bonchev–Trinajstić information content (AvgIpc) is 2.55. The van der Waals surface area contributed by atoms with Gasteiger partial charge in [0.2, 0.25) is 0 Å². The Bertz CT molecular complexity index is 788. The van der Waals surface area contributed by atoms with Gasteiger partial charge < -0.3 is 4.74 Å². The molecular formula is C15H16N2O5S. The Labute approximate surface area is 134 Å². The third kappa shape index (κ3) is 3.99. The third-order valence-corrected chi connectivity index (χ3v) is 4.35. The van der Waals surface area contributed by atoms with Crippen molar-refractivity contribution in [1.82, 2.24) is 5.48 Å². The molecular weight excluding hydrogens is 320 g/mol. The predicted molar refractivity (Wildman–Crippen MR) is 84.7 cm³/mol. The second-order valence-corrected chi connectivity index (χ2v) is 6.15. The number of rotatable bonds is 6. The van der Waals surface area contributed by atoms with E-state index in [1.807, 2.05) is 0 Å².